The Morgan fingerprint density at radius 1 is 1.13 bits per heavy atom. The van der Waals surface area contributed by atoms with Gasteiger partial charge in [-0.25, -0.2) is 4.68 Å². The van der Waals surface area contributed by atoms with Crippen molar-refractivity contribution in [2.75, 3.05) is 39.3 Å². The van der Waals surface area contributed by atoms with Crippen LogP contribution < -0.4 is 5.32 Å². The van der Waals surface area contributed by atoms with Gasteiger partial charge in [0.15, 0.2) is 5.96 Å². The van der Waals surface area contributed by atoms with E-state index in [4.69, 9.17) is 4.99 Å². The summed E-state index contributed by atoms with van der Waals surface area (Å²) < 4.78 is 1.95. The van der Waals surface area contributed by atoms with E-state index in [0.717, 1.165) is 69.5 Å². The minimum atomic E-state index is 0. The van der Waals surface area contributed by atoms with Gasteiger partial charge in [0, 0.05) is 52.4 Å². The van der Waals surface area contributed by atoms with Crippen LogP contribution in [0.15, 0.2) is 41.5 Å². The first kappa shape index (κ1) is 24.2. The lowest BCUT2D eigenvalue weighted by molar-refractivity contribution is -0.130. The van der Waals surface area contributed by atoms with Gasteiger partial charge in [0.2, 0.25) is 5.91 Å². The third-order valence-corrected chi connectivity index (χ3v) is 5.25. The quantitative estimate of drug-likeness (QED) is 0.273. The second-order valence-corrected chi connectivity index (χ2v) is 7.35. The fourth-order valence-corrected chi connectivity index (χ4v) is 3.57. The van der Waals surface area contributed by atoms with Crippen molar-refractivity contribution in [3.8, 4) is 5.69 Å². The van der Waals surface area contributed by atoms with Crippen LogP contribution in [-0.2, 0) is 11.2 Å². The molecule has 0 atom stereocenters. The molecule has 1 saturated heterocycles. The van der Waals surface area contributed by atoms with E-state index in [-0.39, 0.29) is 29.9 Å². The van der Waals surface area contributed by atoms with Crippen molar-refractivity contribution in [2.24, 2.45) is 4.99 Å². The summed E-state index contributed by atoms with van der Waals surface area (Å²) in [5.74, 6) is 1.10. The summed E-state index contributed by atoms with van der Waals surface area (Å²) in [5.41, 5.74) is 3.42. The standard InChI is InChI=1S/C22H32N6O.HI/c1-4-23-22(27-15-13-26(14-16-27)19(3)29)24-12-8-9-20-17-28(25-18(20)2)21-10-6-5-7-11-21;/h5-7,10-11,17H,4,8-9,12-16H2,1-3H3,(H,23,24);1H. The second-order valence-electron chi connectivity index (χ2n) is 7.35. The van der Waals surface area contributed by atoms with Crippen LogP contribution in [0.1, 0.15) is 31.5 Å². The number of guanidine groups is 1. The van der Waals surface area contributed by atoms with Crippen molar-refractivity contribution in [1.82, 2.24) is 24.9 Å². The molecule has 0 unspecified atom stereocenters. The minimum Gasteiger partial charge on any atom is -0.357 e. The van der Waals surface area contributed by atoms with Crippen molar-refractivity contribution in [1.29, 1.82) is 0 Å². The molecule has 0 aliphatic carbocycles. The molecule has 1 aliphatic rings. The van der Waals surface area contributed by atoms with E-state index in [9.17, 15) is 4.79 Å². The highest BCUT2D eigenvalue weighted by molar-refractivity contribution is 14.0. The van der Waals surface area contributed by atoms with Gasteiger partial charge in [0.1, 0.15) is 0 Å². The molecule has 0 bridgehead atoms. The van der Waals surface area contributed by atoms with Crippen LogP contribution in [-0.4, -0.2) is 70.7 Å². The summed E-state index contributed by atoms with van der Waals surface area (Å²) in [6, 6.07) is 10.2. The lowest BCUT2D eigenvalue weighted by Gasteiger charge is -2.36. The average Bonchev–Trinajstić information content (AvgIpc) is 3.11. The summed E-state index contributed by atoms with van der Waals surface area (Å²) in [6.07, 6.45) is 4.06. The molecular formula is C22H33IN6O. The lowest BCUT2D eigenvalue weighted by Crippen LogP contribution is -2.53. The zero-order chi connectivity index (χ0) is 20.6. The SMILES string of the molecule is CCNC(=NCCCc1cn(-c2ccccc2)nc1C)N1CCN(C(C)=O)CC1.I. The topological polar surface area (TPSA) is 65.8 Å². The molecule has 1 amide bonds. The summed E-state index contributed by atoms with van der Waals surface area (Å²) in [5, 5.41) is 8.04. The second kappa shape index (κ2) is 11.9. The van der Waals surface area contributed by atoms with E-state index in [0.29, 0.717) is 0 Å². The van der Waals surface area contributed by atoms with Gasteiger partial charge in [-0.05, 0) is 44.4 Å². The van der Waals surface area contributed by atoms with E-state index < -0.39 is 0 Å². The smallest absolute Gasteiger partial charge is 0.219 e. The number of hydrogen-bond donors (Lipinski definition) is 1. The van der Waals surface area contributed by atoms with Gasteiger partial charge < -0.3 is 15.1 Å². The fraction of sp³-hybridized carbons (Fsp3) is 0.500. The van der Waals surface area contributed by atoms with Crippen molar-refractivity contribution in [3.05, 3.63) is 47.8 Å². The largest absolute Gasteiger partial charge is 0.357 e. The zero-order valence-electron chi connectivity index (χ0n) is 18.2. The number of aryl methyl sites for hydroxylation is 2. The number of aliphatic imine (C=N–C) groups is 1. The maximum Gasteiger partial charge on any atom is 0.219 e. The Morgan fingerprint density at radius 2 is 1.80 bits per heavy atom. The molecule has 1 aromatic carbocycles. The van der Waals surface area contributed by atoms with E-state index in [1.165, 1.54) is 5.56 Å². The third kappa shape index (κ3) is 6.45. The number of aromatic nitrogens is 2. The van der Waals surface area contributed by atoms with Crippen LogP contribution in [0.2, 0.25) is 0 Å². The lowest BCUT2D eigenvalue weighted by atomic mass is 10.1. The fourth-order valence-electron chi connectivity index (χ4n) is 3.57. The first-order chi connectivity index (χ1) is 14.1. The number of piperazine rings is 1. The van der Waals surface area contributed by atoms with Gasteiger partial charge in [-0.3, -0.25) is 9.79 Å². The Labute approximate surface area is 196 Å². The van der Waals surface area contributed by atoms with Crippen LogP contribution in [0.25, 0.3) is 5.69 Å². The number of rotatable bonds is 6. The van der Waals surface area contributed by atoms with Crippen LogP contribution in [0.3, 0.4) is 0 Å². The maximum atomic E-state index is 11.5. The number of nitrogens with zero attached hydrogens (tertiary/aromatic N) is 5. The van der Waals surface area contributed by atoms with E-state index in [2.05, 4.69) is 47.5 Å². The predicted molar refractivity (Wildman–Crippen MR) is 132 cm³/mol. The number of nitrogens with one attached hydrogen (secondary N) is 1. The Balaban J connectivity index is 0.00000320. The molecule has 30 heavy (non-hydrogen) atoms. The first-order valence-electron chi connectivity index (χ1n) is 10.5. The van der Waals surface area contributed by atoms with Crippen molar-refractivity contribution < 1.29 is 4.79 Å². The average molecular weight is 524 g/mol. The third-order valence-electron chi connectivity index (χ3n) is 5.25. The van der Waals surface area contributed by atoms with Crippen molar-refractivity contribution >= 4 is 35.8 Å². The van der Waals surface area contributed by atoms with Crippen LogP contribution in [0.4, 0.5) is 0 Å². The van der Waals surface area contributed by atoms with Crippen LogP contribution in [0, 0.1) is 6.92 Å². The molecule has 2 aromatic rings. The van der Waals surface area contributed by atoms with Gasteiger partial charge in [-0.1, -0.05) is 18.2 Å². The Bertz CT molecular complexity index is 827. The van der Waals surface area contributed by atoms with Gasteiger partial charge in [0.25, 0.3) is 0 Å². The molecule has 164 valence electrons. The maximum absolute atomic E-state index is 11.5. The minimum absolute atomic E-state index is 0. The van der Waals surface area contributed by atoms with Gasteiger partial charge >= 0.3 is 0 Å². The van der Waals surface area contributed by atoms with E-state index in [1.807, 2.05) is 27.8 Å². The predicted octanol–water partition coefficient (Wildman–Crippen LogP) is 2.86. The molecule has 0 radical (unpaired) electrons. The molecule has 1 N–H and O–H groups in total. The number of halogens is 1. The Hall–Kier alpha value is -2.10. The molecule has 8 heteroatoms. The summed E-state index contributed by atoms with van der Waals surface area (Å²) in [4.78, 5) is 20.5. The van der Waals surface area contributed by atoms with Gasteiger partial charge in [0.05, 0.1) is 11.4 Å². The highest BCUT2D eigenvalue weighted by Crippen LogP contribution is 2.13. The Morgan fingerprint density at radius 3 is 2.43 bits per heavy atom. The number of carbonyl (C=O) groups excluding carboxylic acids is 1. The monoisotopic (exact) mass is 524 g/mol. The highest BCUT2D eigenvalue weighted by atomic mass is 127. The molecule has 1 aromatic heterocycles. The van der Waals surface area contributed by atoms with Gasteiger partial charge in [-0.2, -0.15) is 5.10 Å². The Kier molecular flexibility index (Phi) is 9.61. The molecule has 1 aliphatic heterocycles. The van der Waals surface area contributed by atoms with E-state index >= 15 is 0 Å². The molecule has 3 rings (SSSR count). The molecule has 0 saturated carbocycles. The number of carbonyl (C=O) groups is 1. The summed E-state index contributed by atoms with van der Waals surface area (Å²) in [6.45, 7) is 10.6. The number of hydrogen-bond acceptors (Lipinski definition) is 3. The molecular weight excluding hydrogens is 491 g/mol. The van der Waals surface area contributed by atoms with Crippen LogP contribution in [0.5, 0.6) is 0 Å². The summed E-state index contributed by atoms with van der Waals surface area (Å²) in [7, 11) is 0. The number of amides is 1. The number of para-hydroxylation sites is 1. The first-order valence-corrected chi connectivity index (χ1v) is 10.5. The highest BCUT2D eigenvalue weighted by Gasteiger charge is 2.20. The molecule has 7 nitrogen and oxygen atoms in total. The summed E-state index contributed by atoms with van der Waals surface area (Å²) >= 11 is 0. The van der Waals surface area contributed by atoms with E-state index in [1.54, 1.807) is 6.92 Å². The van der Waals surface area contributed by atoms with Crippen molar-refractivity contribution in [2.45, 2.75) is 33.6 Å². The van der Waals surface area contributed by atoms with Gasteiger partial charge in [-0.15, -0.1) is 24.0 Å². The number of benzene rings is 1. The van der Waals surface area contributed by atoms with Crippen LogP contribution >= 0.6 is 24.0 Å². The van der Waals surface area contributed by atoms with Crippen molar-refractivity contribution in [3.63, 3.8) is 0 Å². The zero-order valence-corrected chi connectivity index (χ0v) is 20.5. The molecule has 2 heterocycles. The molecule has 0 spiro atoms. The normalized spacial score (nSPS) is 14.4. The molecule has 1 fully saturated rings.